The molecule has 0 bridgehead atoms. The lowest BCUT2D eigenvalue weighted by Crippen LogP contribution is -2.10. The molecule has 0 aliphatic rings. The SMILES string of the molecule is Cc1cc([C@@H](N)c2cccs2)cc(C)c1O.Cl. The third-order valence-corrected chi connectivity index (χ3v) is 3.68. The molecule has 0 unspecified atom stereocenters. The number of rotatable bonds is 2. The molecule has 1 heterocycles. The van der Waals surface area contributed by atoms with Crippen LogP contribution in [0.15, 0.2) is 29.6 Å². The number of thiophene rings is 1. The first-order chi connectivity index (χ1) is 7.59. The molecule has 0 spiro atoms. The van der Waals surface area contributed by atoms with Crippen molar-refractivity contribution in [1.82, 2.24) is 0 Å². The van der Waals surface area contributed by atoms with Crippen LogP contribution in [0.1, 0.15) is 27.6 Å². The lowest BCUT2D eigenvalue weighted by molar-refractivity contribution is 0.466. The van der Waals surface area contributed by atoms with E-state index in [1.165, 1.54) is 0 Å². The minimum absolute atomic E-state index is 0. The maximum atomic E-state index is 9.70. The third kappa shape index (κ3) is 2.80. The lowest BCUT2D eigenvalue weighted by atomic mass is 10.00. The van der Waals surface area contributed by atoms with Crippen molar-refractivity contribution >= 4 is 23.7 Å². The normalized spacial score (nSPS) is 11.9. The van der Waals surface area contributed by atoms with Crippen molar-refractivity contribution in [3.8, 4) is 5.75 Å². The Hall–Kier alpha value is -1.03. The predicted molar refractivity (Wildman–Crippen MR) is 75.2 cm³/mol. The average molecular weight is 270 g/mol. The van der Waals surface area contributed by atoms with Crippen molar-refractivity contribution in [3.05, 3.63) is 51.2 Å². The summed E-state index contributed by atoms with van der Waals surface area (Å²) in [6, 6.07) is 7.84. The molecule has 1 aromatic heterocycles. The van der Waals surface area contributed by atoms with Crippen LogP contribution in [0.25, 0.3) is 0 Å². The molecule has 17 heavy (non-hydrogen) atoms. The van der Waals surface area contributed by atoms with Gasteiger partial charge in [-0.15, -0.1) is 23.7 Å². The fraction of sp³-hybridized carbons (Fsp3) is 0.231. The van der Waals surface area contributed by atoms with Crippen LogP contribution in [0, 0.1) is 13.8 Å². The van der Waals surface area contributed by atoms with Gasteiger partial charge >= 0.3 is 0 Å². The maximum absolute atomic E-state index is 9.70. The second-order valence-corrected chi connectivity index (χ2v) is 4.98. The van der Waals surface area contributed by atoms with Gasteiger partial charge in [0.2, 0.25) is 0 Å². The molecule has 92 valence electrons. The van der Waals surface area contributed by atoms with E-state index in [0.717, 1.165) is 21.6 Å². The van der Waals surface area contributed by atoms with Crippen LogP contribution in [-0.2, 0) is 0 Å². The van der Waals surface area contributed by atoms with Crippen molar-refractivity contribution in [1.29, 1.82) is 0 Å². The topological polar surface area (TPSA) is 46.2 Å². The molecule has 0 saturated heterocycles. The van der Waals surface area contributed by atoms with Gasteiger partial charge in [0.1, 0.15) is 5.75 Å². The van der Waals surface area contributed by atoms with Crippen LogP contribution >= 0.6 is 23.7 Å². The van der Waals surface area contributed by atoms with Gasteiger partial charge in [0.25, 0.3) is 0 Å². The van der Waals surface area contributed by atoms with E-state index in [1.54, 1.807) is 11.3 Å². The number of aromatic hydroxyl groups is 1. The third-order valence-electron chi connectivity index (χ3n) is 2.72. The minimum Gasteiger partial charge on any atom is -0.507 e. The highest BCUT2D eigenvalue weighted by Gasteiger charge is 2.12. The molecule has 2 rings (SSSR count). The van der Waals surface area contributed by atoms with Gasteiger partial charge in [-0.2, -0.15) is 0 Å². The van der Waals surface area contributed by atoms with E-state index >= 15 is 0 Å². The zero-order chi connectivity index (χ0) is 11.7. The molecule has 1 aromatic carbocycles. The highest BCUT2D eigenvalue weighted by atomic mass is 35.5. The summed E-state index contributed by atoms with van der Waals surface area (Å²) in [4.78, 5) is 1.14. The Balaban J connectivity index is 0.00000144. The van der Waals surface area contributed by atoms with Crippen LogP contribution < -0.4 is 5.73 Å². The van der Waals surface area contributed by atoms with Gasteiger partial charge in [-0.25, -0.2) is 0 Å². The van der Waals surface area contributed by atoms with Crippen LogP contribution in [0.4, 0.5) is 0 Å². The fourth-order valence-electron chi connectivity index (χ4n) is 1.80. The largest absolute Gasteiger partial charge is 0.507 e. The lowest BCUT2D eigenvalue weighted by Gasteiger charge is -2.13. The summed E-state index contributed by atoms with van der Waals surface area (Å²) < 4.78 is 0. The number of phenols is 1. The van der Waals surface area contributed by atoms with Crippen molar-refractivity contribution in [2.45, 2.75) is 19.9 Å². The Bertz CT molecular complexity index is 473. The van der Waals surface area contributed by atoms with Gasteiger partial charge < -0.3 is 10.8 Å². The molecule has 0 amide bonds. The fourth-order valence-corrected chi connectivity index (χ4v) is 2.56. The molecule has 1 atom stereocenters. The van der Waals surface area contributed by atoms with Crippen LogP contribution in [0.5, 0.6) is 5.75 Å². The molecular weight excluding hydrogens is 254 g/mol. The number of hydrogen-bond donors (Lipinski definition) is 2. The number of halogens is 1. The van der Waals surface area contributed by atoms with Gasteiger partial charge in [-0.1, -0.05) is 18.2 Å². The van der Waals surface area contributed by atoms with Crippen molar-refractivity contribution in [2.75, 3.05) is 0 Å². The van der Waals surface area contributed by atoms with Gasteiger partial charge in [0, 0.05) is 4.88 Å². The number of nitrogens with two attached hydrogens (primary N) is 1. The predicted octanol–water partition coefficient (Wildman–Crippen LogP) is 3.54. The summed E-state index contributed by atoms with van der Waals surface area (Å²) in [5.41, 5.74) is 8.98. The van der Waals surface area contributed by atoms with E-state index in [2.05, 4.69) is 0 Å². The Morgan fingerprint density at radius 2 is 1.82 bits per heavy atom. The molecule has 0 saturated carbocycles. The molecular formula is C13H16ClNOS. The maximum Gasteiger partial charge on any atom is 0.121 e. The first-order valence-corrected chi connectivity index (χ1v) is 6.06. The quantitative estimate of drug-likeness (QED) is 0.876. The second-order valence-electron chi connectivity index (χ2n) is 4.00. The summed E-state index contributed by atoms with van der Waals surface area (Å²) in [7, 11) is 0. The van der Waals surface area contributed by atoms with Crippen molar-refractivity contribution in [3.63, 3.8) is 0 Å². The molecule has 0 radical (unpaired) electrons. The highest BCUT2D eigenvalue weighted by Crippen LogP contribution is 2.29. The zero-order valence-corrected chi connectivity index (χ0v) is 11.4. The summed E-state index contributed by atoms with van der Waals surface area (Å²) in [6.45, 7) is 3.79. The Morgan fingerprint density at radius 3 is 2.29 bits per heavy atom. The molecule has 2 aromatic rings. The monoisotopic (exact) mass is 269 g/mol. The Morgan fingerprint density at radius 1 is 1.24 bits per heavy atom. The number of phenolic OH excluding ortho intramolecular Hbond substituents is 1. The zero-order valence-electron chi connectivity index (χ0n) is 9.81. The highest BCUT2D eigenvalue weighted by molar-refractivity contribution is 7.10. The molecule has 3 N–H and O–H groups in total. The van der Waals surface area contributed by atoms with Gasteiger partial charge in [0.05, 0.1) is 6.04 Å². The van der Waals surface area contributed by atoms with Crippen molar-refractivity contribution < 1.29 is 5.11 Å². The molecule has 0 fully saturated rings. The smallest absolute Gasteiger partial charge is 0.121 e. The van der Waals surface area contributed by atoms with Gasteiger partial charge in [-0.05, 0) is 42.0 Å². The van der Waals surface area contributed by atoms with E-state index in [9.17, 15) is 5.11 Å². The first-order valence-electron chi connectivity index (χ1n) is 5.18. The van der Waals surface area contributed by atoms with Gasteiger partial charge in [0.15, 0.2) is 0 Å². The minimum atomic E-state index is -0.0991. The van der Waals surface area contributed by atoms with E-state index in [4.69, 9.17) is 5.73 Å². The number of benzene rings is 1. The summed E-state index contributed by atoms with van der Waals surface area (Å²) in [5.74, 6) is 0.363. The Labute approximate surface area is 112 Å². The summed E-state index contributed by atoms with van der Waals surface area (Å²) >= 11 is 1.65. The van der Waals surface area contributed by atoms with E-state index in [0.29, 0.717) is 5.75 Å². The number of hydrogen-bond acceptors (Lipinski definition) is 3. The van der Waals surface area contributed by atoms with Gasteiger partial charge in [-0.3, -0.25) is 0 Å². The first kappa shape index (κ1) is 14.0. The van der Waals surface area contributed by atoms with Crippen LogP contribution in [-0.4, -0.2) is 5.11 Å². The molecule has 4 heteroatoms. The van der Waals surface area contributed by atoms with E-state index < -0.39 is 0 Å². The molecule has 2 nitrogen and oxygen atoms in total. The van der Waals surface area contributed by atoms with E-state index in [1.807, 2.05) is 43.5 Å². The second kappa shape index (κ2) is 5.54. The summed E-state index contributed by atoms with van der Waals surface area (Å²) in [5, 5.41) is 11.7. The standard InChI is InChI=1S/C13H15NOS.ClH/c1-8-6-10(7-9(2)13(8)15)12(14)11-4-3-5-16-11;/h3-7,12,15H,14H2,1-2H3;1H/t12-;/m1./s1. The number of aryl methyl sites for hydroxylation is 2. The van der Waals surface area contributed by atoms with Crippen LogP contribution in [0.3, 0.4) is 0 Å². The summed E-state index contributed by atoms with van der Waals surface area (Å²) in [6.07, 6.45) is 0. The van der Waals surface area contributed by atoms with Crippen LogP contribution in [0.2, 0.25) is 0 Å². The Kier molecular flexibility index (Phi) is 4.57. The molecule has 0 aliphatic carbocycles. The van der Waals surface area contributed by atoms with Crippen molar-refractivity contribution in [2.24, 2.45) is 5.73 Å². The average Bonchev–Trinajstić information content (AvgIpc) is 2.77. The molecule has 0 aliphatic heterocycles. The van der Waals surface area contributed by atoms with E-state index in [-0.39, 0.29) is 18.4 Å².